The zero-order chi connectivity index (χ0) is 13.3. The molecule has 0 aromatic heterocycles. The van der Waals surface area contributed by atoms with Gasteiger partial charge in [0.1, 0.15) is 12.1 Å². The highest BCUT2D eigenvalue weighted by Crippen LogP contribution is 2.05. The van der Waals surface area contributed by atoms with E-state index in [0.717, 1.165) is 0 Å². The van der Waals surface area contributed by atoms with Gasteiger partial charge in [-0.25, -0.2) is 4.79 Å². The lowest BCUT2D eigenvalue weighted by Crippen LogP contribution is -2.39. The Bertz CT molecular complexity index is 323. The van der Waals surface area contributed by atoms with Gasteiger partial charge in [-0.15, -0.1) is 0 Å². The Morgan fingerprint density at radius 2 is 1.88 bits per heavy atom. The van der Waals surface area contributed by atoms with Crippen LogP contribution in [0.15, 0.2) is 0 Å². The van der Waals surface area contributed by atoms with Gasteiger partial charge < -0.3 is 21.1 Å². The molecule has 0 radical (unpaired) electrons. The van der Waals surface area contributed by atoms with E-state index in [1.165, 1.54) is 0 Å². The summed E-state index contributed by atoms with van der Waals surface area (Å²) in [6.45, 7) is 5.57. The Labute approximate surface area is 101 Å². The summed E-state index contributed by atoms with van der Waals surface area (Å²) < 4.78 is 4.96. The molecule has 2 amide bonds. The molecule has 0 fully saturated rings. The first kappa shape index (κ1) is 15.3. The van der Waals surface area contributed by atoms with E-state index < -0.39 is 11.7 Å². The normalized spacial score (nSPS) is 9.88. The van der Waals surface area contributed by atoms with E-state index in [-0.39, 0.29) is 25.5 Å². The van der Waals surface area contributed by atoms with Crippen LogP contribution in [-0.2, 0) is 9.53 Å². The Morgan fingerprint density at radius 1 is 1.24 bits per heavy atom. The third-order valence-electron chi connectivity index (χ3n) is 1.39. The minimum atomic E-state index is -0.624. The molecule has 96 valence electrons. The number of nitrogens with two attached hydrogens (primary N) is 1. The van der Waals surface area contributed by atoms with Crippen molar-refractivity contribution in [2.75, 3.05) is 19.6 Å². The summed E-state index contributed by atoms with van der Waals surface area (Å²) in [5.41, 5.74) is 4.57. The Balaban J connectivity index is 3.74. The molecule has 0 aliphatic heterocycles. The highest BCUT2D eigenvalue weighted by Gasteiger charge is 2.16. The average Bonchev–Trinajstić information content (AvgIpc) is 2.19. The van der Waals surface area contributed by atoms with Crippen molar-refractivity contribution in [3.05, 3.63) is 0 Å². The van der Waals surface area contributed by atoms with Crippen molar-refractivity contribution in [1.82, 2.24) is 10.6 Å². The van der Waals surface area contributed by atoms with Gasteiger partial charge in [0.05, 0.1) is 13.1 Å². The monoisotopic (exact) mass is 241 g/mol. The lowest BCUT2D eigenvalue weighted by Gasteiger charge is -2.19. The molecule has 0 aromatic rings. The molecule has 0 aliphatic rings. The molecular formula is C11H19N3O3. The molecule has 0 rings (SSSR count). The standard InChI is InChI=1S/C11H19N3O3/c1-11(2,3)17-10(16)14-8-9(15)13-7-5-4-6-12/h6-8,12H2,1-3H3,(H,13,15)(H,14,16). The number of hydrogen-bond acceptors (Lipinski definition) is 4. The number of nitrogens with one attached hydrogen (secondary N) is 2. The molecule has 17 heavy (non-hydrogen) atoms. The largest absolute Gasteiger partial charge is 0.444 e. The minimum Gasteiger partial charge on any atom is -0.444 e. The van der Waals surface area contributed by atoms with E-state index in [1.807, 2.05) is 0 Å². The van der Waals surface area contributed by atoms with Crippen LogP contribution in [0, 0.1) is 11.8 Å². The van der Waals surface area contributed by atoms with Gasteiger partial charge in [0.2, 0.25) is 5.91 Å². The van der Waals surface area contributed by atoms with Crippen LogP contribution in [0.5, 0.6) is 0 Å². The highest BCUT2D eigenvalue weighted by atomic mass is 16.6. The summed E-state index contributed by atoms with van der Waals surface area (Å²) in [4.78, 5) is 22.4. The third-order valence-corrected chi connectivity index (χ3v) is 1.39. The van der Waals surface area contributed by atoms with Crippen LogP contribution in [0.4, 0.5) is 4.79 Å². The first-order valence-electron chi connectivity index (χ1n) is 5.24. The molecular weight excluding hydrogens is 222 g/mol. The van der Waals surface area contributed by atoms with Gasteiger partial charge in [-0.05, 0) is 20.8 Å². The summed E-state index contributed by atoms with van der Waals surface area (Å²) in [6, 6.07) is 0. The average molecular weight is 241 g/mol. The summed E-state index contributed by atoms with van der Waals surface area (Å²) in [5, 5.41) is 4.83. The van der Waals surface area contributed by atoms with Crippen molar-refractivity contribution < 1.29 is 14.3 Å². The van der Waals surface area contributed by atoms with Gasteiger partial charge in [0.25, 0.3) is 0 Å². The molecule has 0 aliphatic carbocycles. The quantitative estimate of drug-likeness (QED) is 0.585. The van der Waals surface area contributed by atoms with Gasteiger partial charge in [0, 0.05) is 0 Å². The Kier molecular flexibility index (Phi) is 6.75. The van der Waals surface area contributed by atoms with Gasteiger partial charge in [-0.3, -0.25) is 4.79 Å². The zero-order valence-corrected chi connectivity index (χ0v) is 10.4. The number of carbonyl (C=O) groups is 2. The Hall–Kier alpha value is -1.74. The first-order chi connectivity index (χ1) is 7.85. The number of ether oxygens (including phenoxy) is 1. The van der Waals surface area contributed by atoms with E-state index in [9.17, 15) is 9.59 Å². The predicted molar refractivity (Wildman–Crippen MR) is 64.1 cm³/mol. The molecule has 0 atom stereocenters. The van der Waals surface area contributed by atoms with E-state index in [1.54, 1.807) is 20.8 Å². The van der Waals surface area contributed by atoms with Gasteiger partial charge in [-0.2, -0.15) is 0 Å². The lowest BCUT2D eigenvalue weighted by atomic mass is 10.2. The molecule has 0 saturated heterocycles. The van der Waals surface area contributed by atoms with Crippen LogP contribution in [-0.4, -0.2) is 37.2 Å². The molecule has 0 saturated carbocycles. The third kappa shape index (κ3) is 10.5. The van der Waals surface area contributed by atoms with Gasteiger partial charge in [-0.1, -0.05) is 11.8 Å². The van der Waals surface area contributed by atoms with Crippen molar-refractivity contribution in [2.24, 2.45) is 5.73 Å². The topological polar surface area (TPSA) is 93.4 Å². The predicted octanol–water partition coefficient (Wildman–Crippen LogP) is -0.411. The molecule has 0 heterocycles. The van der Waals surface area contributed by atoms with E-state index >= 15 is 0 Å². The van der Waals surface area contributed by atoms with Crippen molar-refractivity contribution in [2.45, 2.75) is 26.4 Å². The molecule has 0 bridgehead atoms. The highest BCUT2D eigenvalue weighted by molar-refractivity contribution is 5.82. The minimum absolute atomic E-state index is 0.140. The number of alkyl carbamates (subject to hydrolysis) is 1. The molecule has 6 heteroatoms. The maximum atomic E-state index is 11.2. The van der Waals surface area contributed by atoms with Crippen molar-refractivity contribution in [1.29, 1.82) is 0 Å². The summed E-state index contributed by atoms with van der Waals surface area (Å²) in [5.74, 6) is 4.91. The fourth-order valence-corrected chi connectivity index (χ4v) is 0.807. The van der Waals surface area contributed by atoms with Crippen LogP contribution < -0.4 is 16.4 Å². The smallest absolute Gasteiger partial charge is 0.408 e. The number of hydrogen-bond donors (Lipinski definition) is 3. The maximum absolute atomic E-state index is 11.2. The van der Waals surface area contributed by atoms with E-state index in [4.69, 9.17) is 10.5 Å². The lowest BCUT2D eigenvalue weighted by molar-refractivity contribution is -0.120. The summed E-state index contributed by atoms with van der Waals surface area (Å²) in [7, 11) is 0. The first-order valence-corrected chi connectivity index (χ1v) is 5.24. The zero-order valence-electron chi connectivity index (χ0n) is 10.4. The number of amides is 2. The molecule has 0 unspecified atom stereocenters. The fourth-order valence-electron chi connectivity index (χ4n) is 0.807. The van der Waals surface area contributed by atoms with Crippen molar-refractivity contribution >= 4 is 12.0 Å². The summed E-state index contributed by atoms with van der Waals surface area (Å²) >= 11 is 0. The Morgan fingerprint density at radius 3 is 2.41 bits per heavy atom. The van der Waals surface area contributed by atoms with Crippen LogP contribution in [0.3, 0.4) is 0 Å². The molecule has 0 aromatic carbocycles. The maximum Gasteiger partial charge on any atom is 0.408 e. The van der Waals surface area contributed by atoms with Crippen molar-refractivity contribution in [3.8, 4) is 11.8 Å². The SMILES string of the molecule is CC(C)(C)OC(=O)NCC(=O)NCC#CCN. The van der Waals surface area contributed by atoms with Crippen LogP contribution in [0.2, 0.25) is 0 Å². The molecule has 4 N–H and O–H groups in total. The van der Waals surface area contributed by atoms with Crippen molar-refractivity contribution in [3.63, 3.8) is 0 Å². The molecule has 6 nitrogen and oxygen atoms in total. The second-order valence-corrected chi connectivity index (χ2v) is 4.19. The number of carbonyl (C=O) groups excluding carboxylic acids is 2. The van der Waals surface area contributed by atoms with Crippen LogP contribution in [0.25, 0.3) is 0 Å². The van der Waals surface area contributed by atoms with E-state index in [0.29, 0.717) is 0 Å². The second-order valence-electron chi connectivity index (χ2n) is 4.19. The van der Waals surface area contributed by atoms with Gasteiger partial charge >= 0.3 is 6.09 Å². The van der Waals surface area contributed by atoms with Crippen LogP contribution >= 0.6 is 0 Å². The van der Waals surface area contributed by atoms with Gasteiger partial charge in [0.15, 0.2) is 0 Å². The summed E-state index contributed by atoms with van der Waals surface area (Å²) in [6.07, 6.45) is -0.624. The molecule has 0 spiro atoms. The fraction of sp³-hybridized carbons (Fsp3) is 0.636. The van der Waals surface area contributed by atoms with Crippen LogP contribution in [0.1, 0.15) is 20.8 Å². The second kappa shape index (κ2) is 7.52. The van der Waals surface area contributed by atoms with E-state index in [2.05, 4.69) is 22.5 Å². The number of rotatable bonds is 3.